The summed E-state index contributed by atoms with van der Waals surface area (Å²) in [4.78, 5) is 25.0. The molecule has 1 aliphatic rings. The number of carbonyl (C=O) groups is 1. The first-order valence-electron chi connectivity index (χ1n) is 8.22. The van der Waals surface area contributed by atoms with Crippen LogP contribution in [0.25, 0.3) is 0 Å². The summed E-state index contributed by atoms with van der Waals surface area (Å²) >= 11 is 0. The maximum Gasteiger partial charge on any atom is 0.244 e. The zero-order valence-corrected chi connectivity index (χ0v) is 14.1. The van der Waals surface area contributed by atoms with Crippen LogP contribution in [0.3, 0.4) is 0 Å². The van der Waals surface area contributed by atoms with Crippen molar-refractivity contribution in [2.45, 2.75) is 12.6 Å². The third kappa shape index (κ3) is 4.37. The average molecular weight is 344 g/mol. The van der Waals surface area contributed by atoms with Crippen LogP contribution in [0.1, 0.15) is 17.3 Å². The molecule has 132 valence electrons. The van der Waals surface area contributed by atoms with E-state index in [1.165, 1.54) is 12.1 Å². The van der Waals surface area contributed by atoms with Crippen molar-refractivity contribution >= 4 is 5.91 Å². The summed E-state index contributed by atoms with van der Waals surface area (Å²) < 4.78 is 19.1. The predicted octanol–water partition coefficient (Wildman–Crippen LogP) is 1.65. The van der Waals surface area contributed by atoms with E-state index < -0.39 is 6.04 Å². The Labute approximate surface area is 146 Å². The molecule has 7 heteroatoms. The summed E-state index contributed by atoms with van der Waals surface area (Å²) in [5.41, 5.74) is 1.36. The number of likely N-dealkylation sites (N-methyl/N-ethyl adjacent to an activating group) is 1. The molecule has 0 N–H and O–H groups in total. The van der Waals surface area contributed by atoms with Crippen molar-refractivity contribution in [1.82, 2.24) is 19.8 Å². The van der Waals surface area contributed by atoms with Crippen molar-refractivity contribution in [2.24, 2.45) is 0 Å². The van der Waals surface area contributed by atoms with E-state index in [4.69, 9.17) is 4.74 Å². The zero-order chi connectivity index (χ0) is 17.6. The standard InChI is InChI=1S/C18H21FN4O2/c1-22(13-16-12-20-5-6-21-16)18(24)17(23-7-9-25-10-8-23)14-3-2-4-15(19)11-14/h2-6,11-12,17H,7-10,13H2,1H3. The molecule has 0 radical (unpaired) electrons. The molecule has 6 nitrogen and oxygen atoms in total. The molecule has 2 heterocycles. The Morgan fingerprint density at radius 3 is 2.84 bits per heavy atom. The Bertz CT molecular complexity index is 707. The van der Waals surface area contributed by atoms with E-state index in [1.54, 1.807) is 42.7 Å². The van der Waals surface area contributed by atoms with Gasteiger partial charge in [0.05, 0.1) is 31.6 Å². The molecule has 1 aliphatic heterocycles. The summed E-state index contributed by atoms with van der Waals surface area (Å²) in [5.74, 6) is -0.446. The molecule has 1 atom stereocenters. The average Bonchev–Trinajstić information content (AvgIpc) is 2.64. The van der Waals surface area contributed by atoms with Gasteiger partial charge in [-0.25, -0.2) is 4.39 Å². The minimum atomic E-state index is -0.540. The molecule has 1 aromatic carbocycles. The normalized spacial score (nSPS) is 16.4. The van der Waals surface area contributed by atoms with Gasteiger partial charge in [-0.05, 0) is 17.7 Å². The minimum Gasteiger partial charge on any atom is -0.379 e. The van der Waals surface area contributed by atoms with E-state index in [-0.39, 0.29) is 11.7 Å². The summed E-state index contributed by atoms with van der Waals surface area (Å²) in [6.45, 7) is 2.74. The zero-order valence-electron chi connectivity index (χ0n) is 14.1. The van der Waals surface area contributed by atoms with Crippen molar-refractivity contribution in [2.75, 3.05) is 33.4 Å². The molecule has 1 fully saturated rings. The van der Waals surface area contributed by atoms with E-state index in [9.17, 15) is 9.18 Å². The van der Waals surface area contributed by atoms with Gasteiger partial charge < -0.3 is 9.64 Å². The monoisotopic (exact) mass is 344 g/mol. The van der Waals surface area contributed by atoms with Crippen LogP contribution in [0.2, 0.25) is 0 Å². The molecule has 0 saturated carbocycles. The molecule has 1 unspecified atom stereocenters. The van der Waals surface area contributed by atoms with Gasteiger partial charge in [0.2, 0.25) is 5.91 Å². The van der Waals surface area contributed by atoms with Crippen LogP contribution in [-0.4, -0.2) is 59.0 Å². The largest absolute Gasteiger partial charge is 0.379 e. The van der Waals surface area contributed by atoms with Crippen molar-refractivity contribution in [1.29, 1.82) is 0 Å². The maximum atomic E-state index is 13.7. The van der Waals surface area contributed by atoms with Crippen molar-refractivity contribution in [3.8, 4) is 0 Å². The molecule has 0 bridgehead atoms. The fourth-order valence-corrected chi connectivity index (χ4v) is 2.96. The summed E-state index contributed by atoms with van der Waals surface area (Å²) in [6, 6.07) is 5.69. The molecule has 0 spiro atoms. The lowest BCUT2D eigenvalue weighted by atomic mass is 10.0. The van der Waals surface area contributed by atoms with Crippen LogP contribution in [0.4, 0.5) is 4.39 Å². The van der Waals surface area contributed by atoms with Crippen LogP contribution in [0.15, 0.2) is 42.9 Å². The van der Waals surface area contributed by atoms with Gasteiger partial charge >= 0.3 is 0 Å². The Morgan fingerprint density at radius 2 is 2.16 bits per heavy atom. The Balaban J connectivity index is 1.83. The van der Waals surface area contributed by atoms with Crippen LogP contribution in [0, 0.1) is 5.82 Å². The highest BCUT2D eigenvalue weighted by atomic mass is 19.1. The number of aromatic nitrogens is 2. The van der Waals surface area contributed by atoms with Crippen LogP contribution < -0.4 is 0 Å². The van der Waals surface area contributed by atoms with Crippen LogP contribution in [0.5, 0.6) is 0 Å². The number of morpholine rings is 1. The summed E-state index contributed by atoms with van der Waals surface area (Å²) in [5, 5.41) is 0. The predicted molar refractivity (Wildman–Crippen MR) is 90.0 cm³/mol. The van der Waals surface area contributed by atoms with Crippen LogP contribution in [-0.2, 0) is 16.1 Å². The quantitative estimate of drug-likeness (QED) is 0.825. The van der Waals surface area contributed by atoms with Gasteiger partial charge in [-0.3, -0.25) is 19.7 Å². The van der Waals surface area contributed by atoms with Gasteiger partial charge in [-0.1, -0.05) is 12.1 Å². The van der Waals surface area contributed by atoms with E-state index in [2.05, 4.69) is 9.97 Å². The second-order valence-electron chi connectivity index (χ2n) is 6.00. The summed E-state index contributed by atoms with van der Waals surface area (Å²) in [7, 11) is 1.73. The Kier molecular flexibility index (Phi) is 5.67. The highest BCUT2D eigenvalue weighted by Gasteiger charge is 2.31. The lowest BCUT2D eigenvalue weighted by Gasteiger charge is -2.35. The van der Waals surface area contributed by atoms with Gasteiger partial charge in [-0.15, -0.1) is 0 Å². The van der Waals surface area contributed by atoms with Gasteiger partial charge in [-0.2, -0.15) is 0 Å². The Morgan fingerprint density at radius 1 is 1.36 bits per heavy atom. The molecule has 2 aromatic rings. The fourth-order valence-electron chi connectivity index (χ4n) is 2.96. The molecule has 1 amide bonds. The van der Waals surface area contributed by atoms with Crippen molar-refractivity contribution in [3.63, 3.8) is 0 Å². The number of benzene rings is 1. The first-order chi connectivity index (χ1) is 12.1. The molecule has 3 rings (SSSR count). The van der Waals surface area contributed by atoms with Crippen molar-refractivity contribution in [3.05, 3.63) is 59.9 Å². The number of rotatable bonds is 5. The van der Waals surface area contributed by atoms with E-state index >= 15 is 0 Å². The first-order valence-corrected chi connectivity index (χ1v) is 8.22. The van der Waals surface area contributed by atoms with Gasteiger partial charge in [0.1, 0.15) is 11.9 Å². The second kappa shape index (κ2) is 8.13. The second-order valence-corrected chi connectivity index (χ2v) is 6.00. The highest BCUT2D eigenvalue weighted by molar-refractivity contribution is 5.83. The smallest absolute Gasteiger partial charge is 0.244 e. The van der Waals surface area contributed by atoms with E-state index in [0.29, 0.717) is 44.1 Å². The molecule has 1 aromatic heterocycles. The highest BCUT2D eigenvalue weighted by Crippen LogP contribution is 2.25. The molecular formula is C18H21FN4O2. The fraction of sp³-hybridized carbons (Fsp3) is 0.389. The topological polar surface area (TPSA) is 58.6 Å². The van der Waals surface area contributed by atoms with E-state index in [0.717, 1.165) is 0 Å². The molecule has 25 heavy (non-hydrogen) atoms. The van der Waals surface area contributed by atoms with E-state index in [1.807, 2.05) is 4.90 Å². The number of halogens is 1. The molecule has 1 saturated heterocycles. The number of ether oxygens (including phenoxy) is 1. The lowest BCUT2D eigenvalue weighted by Crippen LogP contribution is -2.46. The number of hydrogen-bond acceptors (Lipinski definition) is 5. The number of hydrogen-bond donors (Lipinski definition) is 0. The number of nitrogens with zero attached hydrogens (tertiary/aromatic N) is 4. The minimum absolute atomic E-state index is 0.0989. The third-order valence-electron chi connectivity index (χ3n) is 4.20. The SMILES string of the molecule is CN(Cc1cnccn1)C(=O)C(c1cccc(F)c1)N1CCOCC1. The van der Waals surface area contributed by atoms with Gasteiger partial charge in [0.25, 0.3) is 0 Å². The summed E-state index contributed by atoms with van der Waals surface area (Å²) in [6.07, 6.45) is 4.82. The van der Waals surface area contributed by atoms with Gasteiger partial charge in [0.15, 0.2) is 0 Å². The first kappa shape index (κ1) is 17.4. The molecular weight excluding hydrogens is 323 g/mol. The Hall–Kier alpha value is -2.38. The molecule has 0 aliphatic carbocycles. The number of carbonyl (C=O) groups excluding carboxylic acids is 1. The number of amides is 1. The third-order valence-corrected chi connectivity index (χ3v) is 4.20. The maximum absolute atomic E-state index is 13.7. The van der Waals surface area contributed by atoms with Crippen LogP contribution >= 0.6 is 0 Å². The van der Waals surface area contributed by atoms with Gasteiger partial charge in [0, 0.05) is 32.5 Å². The van der Waals surface area contributed by atoms with Crippen molar-refractivity contribution < 1.29 is 13.9 Å². The lowest BCUT2D eigenvalue weighted by molar-refractivity contribution is -0.138.